The fourth-order valence-electron chi connectivity index (χ4n) is 1.65. The number of anilines is 3. The van der Waals surface area contributed by atoms with Crippen molar-refractivity contribution in [3.05, 3.63) is 41.7 Å². The van der Waals surface area contributed by atoms with Crippen molar-refractivity contribution >= 4 is 23.5 Å². The van der Waals surface area contributed by atoms with Crippen LogP contribution in [0.2, 0.25) is 0 Å². The molecule has 0 bridgehead atoms. The molecule has 116 valence electrons. The Labute approximate surface area is 123 Å². The fourth-order valence-corrected chi connectivity index (χ4v) is 1.65. The summed E-state index contributed by atoms with van der Waals surface area (Å²) in [5.74, 6) is 0.331. The lowest BCUT2D eigenvalue weighted by molar-refractivity contribution is -0.137. The summed E-state index contributed by atoms with van der Waals surface area (Å²) in [6.07, 6.45) is -1.97. The van der Waals surface area contributed by atoms with Crippen molar-refractivity contribution in [1.82, 2.24) is 9.97 Å². The lowest BCUT2D eigenvalue weighted by Crippen LogP contribution is -2.07. The van der Waals surface area contributed by atoms with Crippen LogP contribution in [0.4, 0.5) is 30.5 Å². The normalized spacial score (nSPS) is 11.6. The number of aromatic nitrogens is 2. The lowest BCUT2D eigenvalue weighted by atomic mass is 10.2. The lowest BCUT2D eigenvalue weighted by Gasteiger charge is -2.12. The van der Waals surface area contributed by atoms with Gasteiger partial charge < -0.3 is 15.9 Å². The van der Waals surface area contributed by atoms with Crippen LogP contribution in [0.1, 0.15) is 11.1 Å². The van der Waals surface area contributed by atoms with Gasteiger partial charge >= 0.3 is 6.18 Å². The molecule has 0 unspecified atom stereocenters. The first-order chi connectivity index (χ1) is 10.4. The Balaban J connectivity index is 2.35. The Hall–Kier alpha value is -2.84. The number of alkyl halides is 3. The van der Waals surface area contributed by atoms with Crippen molar-refractivity contribution in [2.24, 2.45) is 5.16 Å². The van der Waals surface area contributed by atoms with Crippen molar-refractivity contribution in [3.8, 4) is 0 Å². The Morgan fingerprint density at radius 3 is 2.77 bits per heavy atom. The van der Waals surface area contributed by atoms with Gasteiger partial charge in [-0.25, -0.2) is 9.97 Å². The van der Waals surface area contributed by atoms with Crippen LogP contribution >= 0.6 is 0 Å². The molecule has 2 rings (SSSR count). The summed E-state index contributed by atoms with van der Waals surface area (Å²) in [4.78, 5) is 12.3. The third-order valence-electron chi connectivity index (χ3n) is 2.65. The summed E-state index contributed by atoms with van der Waals surface area (Å²) >= 11 is 0. The molecule has 1 aromatic carbocycles. The summed E-state index contributed by atoms with van der Waals surface area (Å²) in [5, 5.41) is 6.31. The van der Waals surface area contributed by atoms with Gasteiger partial charge in [-0.3, -0.25) is 0 Å². The molecule has 2 aromatic rings. The SMILES string of the molecule is CON=Cc1c(N)ncnc1Nc1cccc(C(F)(F)F)c1. The number of nitrogens with zero attached hydrogens (tertiary/aromatic N) is 3. The zero-order valence-corrected chi connectivity index (χ0v) is 11.4. The monoisotopic (exact) mass is 311 g/mol. The zero-order chi connectivity index (χ0) is 16.2. The van der Waals surface area contributed by atoms with Crippen LogP contribution in [0.25, 0.3) is 0 Å². The van der Waals surface area contributed by atoms with Gasteiger partial charge in [-0.2, -0.15) is 13.2 Å². The van der Waals surface area contributed by atoms with Crippen molar-refractivity contribution in [3.63, 3.8) is 0 Å². The van der Waals surface area contributed by atoms with E-state index in [0.717, 1.165) is 12.1 Å². The molecule has 0 aliphatic carbocycles. The molecule has 1 heterocycles. The maximum absolute atomic E-state index is 12.7. The second-order valence-electron chi connectivity index (χ2n) is 4.14. The fraction of sp³-hybridized carbons (Fsp3) is 0.154. The average molecular weight is 311 g/mol. The van der Waals surface area contributed by atoms with Gasteiger partial charge in [0.15, 0.2) is 0 Å². The molecule has 3 N–H and O–H groups in total. The number of hydrogen-bond acceptors (Lipinski definition) is 6. The standard InChI is InChI=1S/C13H12F3N5O/c1-22-20-6-10-11(17)18-7-19-12(10)21-9-4-2-3-8(5-9)13(14,15)16/h2-7H,1H3,(H3,17,18,19,21). The molecule has 1 aromatic heterocycles. The van der Waals surface area contributed by atoms with Gasteiger partial charge in [-0.15, -0.1) is 0 Å². The number of nitrogens with two attached hydrogens (primary N) is 1. The van der Waals surface area contributed by atoms with Gasteiger partial charge in [0, 0.05) is 5.69 Å². The summed E-state index contributed by atoms with van der Waals surface area (Å²) in [7, 11) is 1.34. The first kappa shape index (κ1) is 15.5. The van der Waals surface area contributed by atoms with E-state index in [1.54, 1.807) is 0 Å². The molecular weight excluding hydrogens is 299 g/mol. The van der Waals surface area contributed by atoms with Gasteiger partial charge in [0.05, 0.1) is 17.3 Å². The van der Waals surface area contributed by atoms with Crippen molar-refractivity contribution < 1.29 is 18.0 Å². The van der Waals surface area contributed by atoms with E-state index in [1.807, 2.05) is 0 Å². The molecule has 0 radical (unpaired) electrons. The highest BCUT2D eigenvalue weighted by atomic mass is 19.4. The minimum Gasteiger partial charge on any atom is -0.399 e. The molecule has 0 fully saturated rings. The molecule has 0 aliphatic rings. The minimum atomic E-state index is -4.43. The maximum Gasteiger partial charge on any atom is 0.416 e. The molecule has 0 amide bonds. The van der Waals surface area contributed by atoms with E-state index in [4.69, 9.17) is 5.73 Å². The number of nitrogens with one attached hydrogen (secondary N) is 1. The number of hydrogen-bond donors (Lipinski definition) is 2. The molecule has 0 saturated heterocycles. The molecule has 9 heteroatoms. The number of rotatable bonds is 4. The van der Waals surface area contributed by atoms with Crippen LogP contribution < -0.4 is 11.1 Å². The van der Waals surface area contributed by atoms with E-state index < -0.39 is 11.7 Å². The second kappa shape index (κ2) is 6.29. The van der Waals surface area contributed by atoms with E-state index in [1.165, 1.54) is 31.8 Å². The first-order valence-electron chi connectivity index (χ1n) is 6.03. The Kier molecular flexibility index (Phi) is 4.44. The molecule has 22 heavy (non-hydrogen) atoms. The predicted octanol–water partition coefficient (Wildman–Crippen LogP) is 2.80. The quantitative estimate of drug-likeness (QED) is 0.670. The topological polar surface area (TPSA) is 85.4 Å². The van der Waals surface area contributed by atoms with E-state index in [0.29, 0.717) is 5.56 Å². The third kappa shape index (κ3) is 3.62. The predicted molar refractivity (Wildman–Crippen MR) is 75.8 cm³/mol. The third-order valence-corrected chi connectivity index (χ3v) is 2.65. The summed E-state index contributed by atoms with van der Waals surface area (Å²) in [6, 6.07) is 4.71. The van der Waals surface area contributed by atoms with E-state index >= 15 is 0 Å². The highest BCUT2D eigenvalue weighted by Crippen LogP contribution is 2.31. The molecule has 0 spiro atoms. The van der Waals surface area contributed by atoms with E-state index in [2.05, 4.69) is 25.3 Å². The minimum absolute atomic E-state index is 0.116. The van der Waals surface area contributed by atoms with Gasteiger partial charge in [0.1, 0.15) is 25.1 Å². The van der Waals surface area contributed by atoms with Crippen LogP contribution in [-0.2, 0) is 11.0 Å². The molecular formula is C13H12F3N5O. The van der Waals surface area contributed by atoms with E-state index in [-0.39, 0.29) is 17.3 Å². The highest BCUT2D eigenvalue weighted by Gasteiger charge is 2.30. The molecule has 0 saturated carbocycles. The van der Waals surface area contributed by atoms with Crippen LogP contribution in [0.5, 0.6) is 0 Å². The Morgan fingerprint density at radius 1 is 1.32 bits per heavy atom. The first-order valence-corrected chi connectivity index (χ1v) is 6.03. The average Bonchev–Trinajstić information content (AvgIpc) is 2.46. The van der Waals surface area contributed by atoms with Gasteiger partial charge in [-0.1, -0.05) is 11.2 Å². The van der Waals surface area contributed by atoms with Crippen molar-refractivity contribution in [2.75, 3.05) is 18.2 Å². The summed E-state index contributed by atoms with van der Waals surface area (Å²) in [5.41, 5.74) is 5.44. The van der Waals surface area contributed by atoms with Gasteiger partial charge in [0.25, 0.3) is 0 Å². The second-order valence-corrected chi connectivity index (χ2v) is 4.14. The smallest absolute Gasteiger partial charge is 0.399 e. The van der Waals surface area contributed by atoms with E-state index in [9.17, 15) is 13.2 Å². The van der Waals surface area contributed by atoms with Gasteiger partial charge in [-0.05, 0) is 18.2 Å². The van der Waals surface area contributed by atoms with Crippen molar-refractivity contribution in [2.45, 2.75) is 6.18 Å². The van der Waals surface area contributed by atoms with Gasteiger partial charge in [0.2, 0.25) is 0 Å². The summed E-state index contributed by atoms with van der Waals surface area (Å²) in [6.45, 7) is 0. The molecule has 6 nitrogen and oxygen atoms in total. The number of halogens is 3. The largest absolute Gasteiger partial charge is 0.416 e. The van der Waals surface area contributed by atoms with Crippen LogP contribution in [0.3, 0.4) is 0 Å². The molecule has 0 aliphatic heterocycles. The number of oxime groups is 1. The van der Waals surface area contributed by atoms with Crippen molar-refractivity contribution in [1.29, 1.82) is 0 Å². The number of nitrogen functional groups attached to an aromatic ring is 1. The van der Waals surface area contributed by atoms with Crippen LogP contribution in [-0.4, -0.2) is 23.3 Å². The highest BCUT2D eigenvalue weighted by molar-refractivity contribution is 5.92. The maximum atomic E-state index is 12.7. The summed E-state index contributed by atoms with van der Waals surface area (Å²) < 4.78 is 38.1. The van der Waals surface area contributed by atoms with Crippen LogP contribution in [0.15, 0.2) is 35.7 Å². The molecule has 0 atom stereocenters. The zero-order valence-electron chi connectivity index (χ0n) is 11.4. The Morgan fingerprint density at radius 2 is 2.09 bits per heavy atom. The Bertz CT molecular complexity index is 688. The number of benzene rings is 1. The van der Waals surface area contributed by atoms with Crippen LogP contribution in [0, 0.1) is 0 Å².